The molecule has 1 aliphatic heterocycles. The molecule has 1 aliphatic rings. The first kappa shape index (κ1) is 21.4. The van der Waals surface area contributed by atoms with E-state index in [2.05, 4.69) is 32.4 Å². The summed E-state index contributed by atoms with van der Waals surface area (Å²) in [5.41, 5.74) is 7.67. The molecule has 27 heavy (non-hydrogen) atoms. The zero-order valence-electron chi connectivity index (χ0n) is 15.8. The average Bonchev–Trinajstić information content (AvgIpc) is 3.33. The largest absolute Gasteiger partial charge is 0.497 e. The zero-order chi connectivity index (χ0) is 18.4. The number of aliphatic imine (C=N–C) groups is 1. The van der Waals surface area contributed by atoms with E-state index in [-0.39, 0.29) is 24.0 Å². The van der Waals surface area contributed by atoms with E-state index in [1.54, 1.807) is 11.8 Å². The normalized spacial score (nSPS) is 17.6. The van der Waals surface area contributed by atoms with E-state index in [1.807, 2.05) is 30.5 Å². The van der Waals surface area contributed by atoms with E-state index in [9.17, 15) is 0 Å². The molecule has 2 aromatic rings. The van der Waals surface area contributed by atoms with Crippen molar-refractivity contribution < 1.29 is 4.74 Å². The lowest BCUT2D eigenvalue weighted by molar-refractivity contribution is 0.267. The van der Waals surface area contributed by atoms with Crippen molar-refractivity contribution in [2.24, 2.45) is 10.7 Å². The molecule has 0 radical (unpaired) electrons. The topological polar surface area (TPSA) is 93.6 Å². The number of methoxy groups -OCH3 is 1. The van der Waals surface area contributed by atoms with Crippen LogP contribution in [0.4, 0.5) is 0 Å². The molecule has 0 spiro atoms. The van der Waals surface area contributed by atoms with Crippen molar-refractivity contribution in [3.8, 4) is 11.4 Å². The van der Waals surface area contributed by atoms with Gasteiger partial charge in [0.25, 0.3) is 0 Å². The minimum Gasteiger partial charge on any atom is -0.497 e. The summed E-state index contributed by atoms with van der Waals surface area (Å²) in [5, 5.41) is 11.5. The summed E-state index contributed by atoms with van der Waals surface area (Å²) >= 11 is 0. The van der Waals surface area contributed by atoms with Crippen LogP contribution in [0.3, 0.4) is 0 Å². The summed E-state index contributed by atoms with van der Waals surface area (Å²) in [6, 6.07) is 8.18. The number of nitrogens with zero attached hydrogens (tertiary/aromatic N) is 5. The fourth-order valence-corrected chi connectivity index (χ4v) is 3.22. The second-order valence-electron chi connectivity index (χ2n) is 6.36. The summed E-state index contributed by atoms with van der Waals surface area (Å²) in [6.45, 7) is 5.69. The number of aromatic nitrogens is 3. The number of nitrogens with two attached hydrogens (primary N) is 1. The van der Waals surface area contributed by atoms with E-state index in [4.69, 9.17) is 10.5 Å². The Labute approximate surface area is 177 Å². The maximum absolute atomic E-state index is 5.99. The van der Waals surface area contributed by atoms with Gasteiger partial charge in [-0.25, -0.2) is 9.67 Å². The lowest BCUT2D eigenvalue weighted by atomic mass is 10.2. The Morgan fingerprint density at radius 3 is 2.85 bits per heavy atom. The quantitative estimate of drug-likeness (QED) is 0.353. The van der Waals surface area contributed by atoms with Crippen molar-refractivity contribution in [1.82, 2.24) is 25.2 Å². The van der Waals surface area contributed by atoms with Gasteiger partial charge in [0.15, 0.2) is 5.96 Å². The second kappa shape index (κ2) is 10.5. The number of likely N-dealkylation sites (tertiary alicyclic amines) is 1. The molecule has 1 aromatic heterocycles. The number of hydrogen-bond donors (Lipinski definition) is 2. The summed E-state index contributed by atoms with van der Waals surface area (Å²) in [6.07, 6.45) is 4.32. The van der Waals surface area contributed by atoms with Gasteiger partial charge in [-0.2, -0.15) is 0 Å². The zero-order valence-corrected chi connectivity index (χ0v) is 18.2. The van der Waals surface area contributed by atoms with Crippen LogP contribution < -0.4 is 15.8 Å². The molecule has 9 heteroatoms. The summed E-state index contributed by atoms with van der Waals surface area (Å²) in [4.78, 5) is 6.84. The summed E-state index contributed by atoms with van der Waals surface area (Å²) in [7, 11) is 1.64. The number of rotatable bonds is 7. The molecule has 148 valence electrons. The molecule has 3 rings (SSSR count). The van der Waals surface area contributed by atoms with Crippen molar-refractivity contribution >= 4 is 29.9 Å². The summed E-state index contributed by atoms with van der Waals surface area (Å²) < 4.78 is 6.88. The standard InChI is InChI=1S/C18H27N7O.HI/c1-3-24-10-4-5-16(24)12-21-18(19)20-11-14-13-25(23-22-14)15-6-8-17(26-2)9-7-15;/h6-9,13,16H,3-5,10-12H2,1-2H3,(H3,19,20,21);1H. The fraction of sp³-hybridized carbons (Fsp3) is 0.500. The number of nitrogens with one attached hydrogen (secondary N) is 1. The van der Waals surface area contributed by atoms with Gasteiger partial charge in [0, 0.05) is 12.6 Å². The van der Waals surface area contributed by atoms with Crippen LogP contribution >= 0.6 is 24.0 Å². The molecule has 2 heterocycles. The Balaban J connectivity index is 0.00000261. The minimum absolute atomic E-state index is 0. The van der Waals surface area contributed by atoms with Gasteiger partial charge in [0.05, 0.1) is 25.5 Å². The van der Waals surface area contributed by atoms with Crippen molar-refractivity contribution in [3.63, 3.8) is 0 Å². The molecule has 0 bridgehead atoms. The SMILES string of the molecule is CCN1CCCC1CNC(N)=NCc1cn(-c2ccc(OC)cc2)nn1.I. The number of ether oxygens (including phenoxy) is 1. The molecule has 0 amide bonds. The van der Waals surface area contributed by atoms with E-state index in [0.717, 1.165) is 30.2 Å². The van der Waals surface area contributed by atoms with Crippen molar-refractivity contribution in [3.05, 3.63) is 36.2 Å². The van der Waals surface area contributed by atoms with E-state index < -0.39 is 0 Å². The molecule has 1 unspecified atom stereocenters. The predicted octanol–water partition coefficient (Wildman–Crippen LogP) is 1.78. The number of halogens is 1. The van der Waals surface area contributed by atoms with E-state index in [0.29, 0.717) is 18.5 Å². The maximum atomic E-state index is 5.99. The van der Waals surface area contributed by atoms with Crippen molar-refractivity contribution in [1.29, 1.82) is 0 Å². The molecule has 8 nitrogen and oxygen atoms in total. The first-order chi connectivity index (χ1) is 12.7. The lowest BCUT2D eigenvalue weighted by Gasteiger charge is -2.23. The number of likely N-dealkylation sites (N-methyl/N-ethyl adjacent to an activating group) is 1. The molecule has 3 N–H and O–H groups in total. The van der Waals surface area contributed by atoms with Crippen LogP contribution in [0.2, 0.25) is 0 Å². The molecular weight excluding hydrogens is 457 g/mol. The van der Waals surface area contributed by atoms with E-state index in [1.165, 1.54) is 19.4 Å². The molecule has 1 fully saturated rings. The van der Waals surface area contributed by atoms with Gasteiger partial charge < -0.3 is 15.8 Å². The highest BCUT2D eigenvalue weighted by atomic mass is 127. The Bertz CT molecular complexity index is 732. The third kappa shape index (κ3) is 5.80. The van der Waals surface area contributed by atoms with Gasteiger partial charge >= 0.3 is 0 Å². The van der Waals surface area contributed by atoms with Crippen LogP contribution in [0.25, 0.3) is 5.69 Å². The van der Waals surface area contributed by atoms with Gasteiger partial charge in [-0.05, 0) is 50.2 Å². The second-order valence-corrected chi connectivity index (χ2v) is 6.36. The van der Waals surface area contributed by atoms with Gasteiger partial charge in [0.1, 0.15) is 11.4 Å². The van der Waals surface area contributed by atoms with Gasteiger partial charge in [-0.1, -0.05) is 12.1 Å². The van der Waals surface area contributed by atoms with Crippen LogP contribution in [0, 0.1) is 0 Å². The van der Waals surface area contributed by atoms with Gasteiger partial charge in [-0.3, -0.25) is 4.90 Å². The van der Waals surface area contributed by atoms with Gasteiger partial charge in [0.2, 0.25) is 0 Å². The number of benzene rings is 1. The highest BCUT2D eigenvalue weighted by Crippen LogP contribution is 2.16. The molecule has 0 aliphatic carbocycles. The first-order valence-electron chi connectivity index (χ1n) is 9.03. The van der Waals surface area contributed by atoms with E-state index >= 15 is 0 Å². The maximum Gasteiger partial charge on any atom is 0.189 e. The summed E-state index contributed by atoms with van der Waals surface area (Å²) in [5.74, 6) is 1.26. The monoisotopic (exact) mass is 485 g/mol. The Hall–Kier alpha value is -1.88. The highest BCUT2D eigenvalue weighted by Gasteiger charge is 2.22. The van der Waals surface area contributed by atoms with Crippen LogP contribution in [-0.4, -0.2) is 58.6 Å². The van der Waals surface area contributed by atoms with Crippen molar-refractivity contribution in [2.75, 3.05) is 26.7 Å². The third-order valence-corrected chi connectivity index (χ3v) is 4.71. The Kier molecular flexibility index (Phi) is 8.29. The molecule has 0 saturated carbocycles. The van der Waals surface area contributed by atoms with Crippen molar-refractivity contribution in [2.45, 2.75) is 32.4 Å². The predicted molar refractivity (Wildman–Crippen MR) is 117 cm³/mol. The molecule has 1 aromatic carbocycles. The highest BCUT2D eigenvalue weighted by molar-refractivity contribution is 14.0. The molecule has 1 atom stereocenters. The number of hydrogen-bond acceptors (Lipinski definition) is 5. The Morgan fingerprint density at radius 2 is 2.15 bits per heavy atom. The number of guanidine groups is 1. The van der Waals surface area contributed by atoms with Crippen LogP contribution in [0.1, 0.15) is 25.5 Å². The van der Waals surface area contributed by atoms with Crippen LogP contribution in [-0.2, 0) is 6.54 Å². The van der Waals surface area contributed by atoms with Gasteiger partial charge in [-0.15, -0.1) is 29.1 Å². The Morgan fingerprint density at radius 1 is 1.37 bits per heavy atom. The lowest BCUT2D eigenvalue weighted by Crippen LogP contribution is -2.42. The third-order valence-electron chi connectivity index (χ3n) is 4.71. The first-order valence-corrected chi connectivity index (χ1v) is 9.03. The minimum atomic E-state index is 0. The fourth-order valence-electron chi connectivity index (χ4n) is 3.22. The smallest absolute Gasteiger partial charge is 0.189 e. The molecule has 1 saturated heterocycles. The average molecular weight is 485 g/mol. The molecular formula is C18H28IN7O. The van der Waals surface area contributed by atoms with Crippen LogP contribution in [0.5, 0.6) is 5.75 Å². The van der Waals surface area contributed by atoms with Crippen LogP contribution in [0.15, 0.2) is 35.5 Å².